The molecule has 0 radical (unpaired) electrons. The number of hydrogen-bond donors (Lipinski definition) is 0. The molecular formula is C18H23N4O2S2+. The SMILES string of the molecule is CCN(CC)S(=O)(=O)c1ccc(N(C)Cc2nc3ccccc3s2)[nH+]c1. The molecule has 0 saturated heterocycles. The summed E-state index contributed by atoms with van der Waals surface area (Å²) in [6.07, 6.45) is 1.55. The highest BCUT2D eigenvalue weighted by Gasteiger charge is 2.23. The summed E-state index contributed by atoms with van der Waals surface area (Å²) in [5, 5.41) is 1.02. The zero-order valence-electron chi connectivity index (χ0n) is 15.1. The van der Waals surface area contributed by atoms with E-state index in [0.717, 1.165) is 16.3 Å². The number of para-hydroxylation sites is 1. The van der Waals surface area contributed by atoms with Gasteiger partial charge in [-0.05, 0) is 18.2 Å². The van der Waals surface area contributed by atoms with Gasteiger partial charge in [0.2, 0.25) is 10.0 Å². The third-order valence-corrected chi connectivity index (χ3v) is 7.30. The van der Waals surface area contributed by atoms with Crippen LogP contribution >= 0.6 is 11.3 Å². The van der Waals surface area contributed by atoms with Gasteiger partial charge in [-0.3, -0.25) is 4.90 Å². The van der Waals surface area contributed by atoms with Crippen LogP contribution in [0.25, 0.3) is 10.2 Å². The average Bonchev–Trinajstić information content (AvgIpc) is 3.04. The van der Waals surface area contributed by atoms with E-state index in [0.29, 0.717) is 19.6 Å². The Morgan fingerprint density at radius 1 is 1.12 bits per heavy atom. The lowest BCUT2D eigenvalue weighted by Gasteiger charge is -2.18. The fourth-order valence-electron chi connectivity index (χ4n) is 2.79. The van der Waals surface area contributed by atoms with Crippen LogP contribution in [-0.4, -0.2) is 37.8 Å². The number of fused-ring (bicyclic) bond motifs is 1. The van der Waals surface area contributed by atoms with Gasteiger partial charge >= 0.3 is 0 Å². The number of pyridine rings is 1. The number of anilines is 1. The molecule has 0 fully saturated rings. The summed E-state index contributed by atoms with van der Waals surface area (Å²) in [6, 6.07) is 11.5. The van der Waals surface area contributed by atoms with Crippen LogP contribution in [-0.2, 0) is 16.6 Å². The first-order chi connectivity index (χ1) is 12.5. The summed E-state index contributed by atoms with van der Waals surface area (Å²) >= 11 is 1.67. The number of H-pyrrole nitrogens is 1. The highest BCUT2D eigenvalue weighted by molar-refractivity contribution is 7.89. The van der Waals surface area contributed by atoms with E-state index in [1.807, 2.05) is 44.0 Å². The van der Waals surface area contributed by atoms with Gasteiger partial charge in [0.1, 0.15) is 22.6 Å². The lowest BCUT2D eigenvalue weighted by atomic mass is 10.3. The van der Waals surface area contributed by atoms with Crippen molar-refractivity contribution in [3.8, 4) is 0 Å². The highest BCUT2D eigenvalue weighted by atomic mass is 32.2. The predicted molar refractivity (Wildman–Crippen MR) is 105 cm³/mol. The molecule has 6 nitrogen and oxygen atoms in total. The van der Waals surface area contributed by atoms with Gasteiger partial charge in [-0.15, -0.1) is 11.3 Å². The molecule has 0 aliphatic rings. The van der Waals surface area contributed by atoms with Crippen LogP contribution in [0.1, 0.15) is 18.9 Å². The number of sulfonamides is 1. The quantitative estimate of drug-likeness (QED) is 0.621. The maximum Gasteiger partial charge on any atom is 0.274 e. The smallest absolute Gasteiger partial charge is 0.258 e. The van der Waals surface area contributed by atoms with Crippen LogP contribution in [0.15, 0.2) is 47.5 Å². The first-order valence-electron chi connectivity index (χ1n) is 8.53. The molecular weight excluding hydrogens is 368 g/mol. The van der Waals surface area contributed by atoms with Crippen molar-refractivity contribution in [2.75, 3.05) is 25.0 Å². The molecule has 0 bridgehead atoms. The van der Waals surface area contributed by atoms with Gasteiger partial charge in [-0.2, -0.15) is 4.31 Å². The van der Waals surface area contributed by atoms with Crippen molar-refractivity contribution < 1.29 is 13.4 Å². The largest absolute Gasteiger partial charge is 0.274 e. The molecule has 3 aromatic rings. The van der Waals surface area contributed by atoms with Crippen molar-refractivity contribution in [1.29, 1.82) is 0 Å². The van der Waals surface area contributed by atoms with Gasteiger partial charge < -0.3 is 0 Å². The number of rotatable bonds is 7. The molecule has 0 aliphatic carbocycles. The van der Waals surface area contributed by atoms with Gasteiger partial charge in [-0.25, -0.2) is 18.4 Å². The van der Waals surface area contributed by atoms with E-state index in [9.17, 15) is 8.42 Å². The zero-order chi connectivity index (χ0) is 18.7. The van der Waals surface area contributed by atoms with Gasteiger partial charge in [0.15, 0.2) is 0 Å². The molecule has 2 aromatic heterocycles. The van der Waals surface area contributed by atoms with E-state index in [2.05, 4.69) is 16.0 Å². The Morgan fingerprint density at radius 2 is 1.85 bits per heavy atom. The second-order valence-electron chi connectivity index (χ2n) is 5.93. The lowest BCUT2D eigenvalue weighted by Crippen LogP contribution is -2.32. The molecule has 0 amide bonds. The van der Waals surface area contributed by atoms with Crippen molar-refractivity contribution in [1.82, 2.24) is 9.29 Å². The topological polar surface area (TPSA) is 67.7 Å². The first kappa shape index (κ1) is 18.8. The number of nitrogens with one attached hydrogen (secondary N) is 1. The van der Waals surface area contributed by atoms with E-state index in [-0.39, 0.29) is 4.90 Å². The Balaban J connectivity index is 1.77. The average molecular weight is 392 g/mol. The van der Waals surface area contributed by atoms with Crippen LogP contribution in [0.4, 0.5) is 5.82 Å². The molecule has 0 saturated carbocycles. The molecule has 1 aromatic carbocycles. The summed E-state index contributed by atoms with van der Waals surface area (Å²) in [5.41, 5.74) is 1.01. The molecule has 0 unspecified atom stereocenters. The minimum atomic E-state index is -3.45. The Bertz CT molecular complexity index is 947. The summed E-state index contributed by atoms with van der Waals surface area (Å²) in [4.78, 5) is 10.0. The van der Waals surface area contributed by atoms with Crippen molar-refractivity contribution in [3.63, 3.8) is 0 Å². The molecule has 0 atom stereocenters. The fraction of sp³-hybridized carbons (Fsp3) is 0.333. The van der Waals surface area contributed by atoms with Gasteiger partial charge in [0.25, 0.3) is 5.82 Å². The molecule has 8 heteroatoms. The standard InChI is InChI=1S/C18H22N4O2S2/c1-4-22(5-2)26(23,24)14-10-11-17(19-12-14)21(3)13-18-20-15-8-6-7-9-16(15)25-18/h6-12H,4-5,13H2,1-3H3/p+1. The molecule has 138 valence electrons. The minimum absolute atomic E-state index is 0.276. The molecule has 0 spiro atoms. The second kappa shape index (κ2) is 7.69. The third kappa shape index (κ3) is 3.72. The van der Waals surface area contributed by atoms with Crippen LogP contribution in [0.5, 0.6) is 0 Å². The molecule has 1 N–H and O–H groups in total. The van der Waals surface area contributed by atoms with Crippen molar-refractivity contribution in [3.05, 3.63) is 47.6 Å². The van der Waals surface area contributed by atoms with E-state index >= 15 is 0 Å². The summed E-state index contributed by atoms with van der Waals surface area (Å²) in [7, 11) is -1.49. The number of thiazole rings is 1. The lowest BCUT2D eigenvalue weighted by molar-refractivity contribution is -0.367. The number of aromatic amines is 1. The maximum absolute atomic E-state index is 12.6. The number of nitrogens with zero attached hydrogens (tertiary/aromatic N) is 3. The van der Waals surface area contributed by atoms with Crippen molar-refractivity contribution >= 4 is 37.4 Å². The molecule has 0 aliphatic heterocycles. The summed E-state index contributed by atoms with van der Waals surface area (Å²) in [5.74, 6) is 0.836. The zero-order valence-corrected chi connectivity index (χ0v) is 16.8. The second-order valence-corrected chi connectivity index (χ2v) is 8.98. The number of hydrogen-bond acceptors (Lipinski definition) is 5. The van der Waals surface area contributed by atoms with E-state index < -0.39 is 10.0 Å². The van der Waals surface area contributed by atoms with Crippen LogP contribution in [0.2, 0.25) is 0 Å². The molecule has 3 rings (SSSR count). The van der Waals surface area contributed by atoms with Crippen LogP contribution < -0.4 is 9.88 Å². The maximum atomic E-state index is 12.6. The van der Waals surface area contributed by atoms with Crippen LogP contribution in [0, 0.1) is 0 Å². The number of benzene rings is 1. The van der Waals surface area contributed by atoms with Gasteiger partial charge in [0, 0.05) is 19.2 Å². The van der Waals surface area contributed by atoms with E-state index in [4.69, 9.17) is 0 Å². The van der Waals surface area contributed by atoms with Crippen molar-refractivity contribution in [2.45, 2.75) is 25.3 Å². The first-order valence-corrected chi connectivity index (χ1v) is 10.8. The summed E-state index contributed by atoms with van der Waals surface area (Å²) < 4.78 is 27.7. The molecule has 26 heavy (non-hydrogen) atoms. The van der Waals surface area contributed by atoms with E-state index in [1.54, 1.807) is 29.7 Å². The highest BCUT2D eigenvalue weighted by Crippen LogP contribution is 2.23. The Hall–Kier alpha value is -2.03. The predicted octanol–water partition coefficient (Wildman–Crippen LogP) is 2.78. The van der Waals surface area contributed by atoms with Crippen molar-refractivity contribution in [2.24, 2.45) is 0 Å². The Labute approximate surface area is 158 Å². The van der Waals surface area contributed by atoms with Crippen LogP contribution in [0.3, 0.4) is 0 Å². The monoisotopic (exact) mass is 391 g/mol. The Kier molecular flexibility index (Phi) is 5.55. The third-order valence-electron chi connectivity index (χ3n) is 4.23. The van der Waals surface area contributed by atoms with Gasteiger partial charge in [0.05, 0.1) is 17.3 Å². The summed E-state index contributed by atoms with van der Waals surface area (Å²) in [6.45, 7) is 5.24. The Morgan fingerprint density at radius 3 is 2.46 bits per heavy atom. The minimum Gasteiger partial charge on any atom is -0.258 e. The fourth-order valence-corrected chi connectivity index (χ4v) is 5.24. The molecule has 2 heterocycles. The van der Waals surface area contributed by atoms with E-state index in [1.165, 1.54) is 9.01 Å². The number of aromatic nitrogens is 2. The van der Waals surface area contributed by atoms with Gasteiger partial charge in [-0.1, -0.05) is 26.0 Å². The normalized spacial score (nSPS) is 12.0.